The molecule has 0 fully saturated rings. The van der Waals surface area contributed by atoms with Crippen LogP contribution in [0.5, 0.6) is 0 Å². The number of thioether (sulfide) groups is 1. The van der Waals surface area contributed by atoms with Crippen LogP contribution in [0.25, 0.3) is 0 Å². The molecular formula is C13H20N2O2S. The van der Waals surface area contributed by atoms with Gasteiger partial charge in [-0.25, -0.2) is 0 Å². The van der Waals surface area contributed by atoms with E-state index in [-0.39, 0.29) is 10.6 Å². The zero-order chi connectivity index (χ0) is 13.4. The van der Waals surface area contributed by atoms with Crippen molar-refractivity contribution < 1.29 is 4.92 Å². The fourth-order valence-corrected chi connectivity index (χ4v) is 2.61. The number of non-ortho nitro benzene ring substituents is 1. The molecule has 0 spiro atoms. The molecule has 0 heterocycles. The van der Waals surface area contributed by atoms with Crippen molar-refractivity contribution in [3.63, 3.8) is 0 Å². The number of benzene rings is 1. The molecule has 5 heteroatoms. The largest absolute Gasteiger partial charge is 0.313 e. The summed E-state index contributed by atoms with van der Waals surface area (Å²) in [7, 11) is 0. The third-order valence-electron chi connectivity index (χ3n) is 2.67. The molecule has 0 amide bonds. The van der Waals surface area contributed by atoms with Gasteiger partial charge in [0.1, 0.15) is 0 Å². The Morgan fingerprint density at radius 1 is 1.33 bits per heavy atom. The van der Waals surface area contributed by atoms with E-state index in [1.807, 2.05) is 12.1 Å². The molecule has 0 saturated carbocycles. The molecule has 1 rings (SSSR count). The van der Waals surface area contributed by atoms with Crippen molar-refractivity contribution in [2.75, 3.05) is 12.3 Å². The molecule has 1 aromatic rings. The maximum absolute atomic E-state index is 10.5. The van der Waals surface area contributed by atoms with Gasteiger partial charge in [-0.2, -0.15) is 0 Å². The predicted molar refractivity (Wildman–Crippen MR) is 76.2 cm³/mol. The highest BCUT2D eigenvalue weighted by Gasteiger charge is 2.07. The minimum atomic E-state index is -0.369. The van der Waals surface area contributed by atoms with E-state index in [0.717, 1.165) is 30.0 Å². The van der Waals surface area contributed by atoms with Crippen molar-refractivity contribution in [2.24, 2.45) is 0 Å². The van der Waals surface area contributed by atoms with E-state index in [2.05, 4.69) is 19.2 Å². The fraction of sp³-hybridized carbons (Fsp3) is 0.538. The third-order valence-corrected chi connectivity index (χ3v) is 3.85. The molecule has 100 valence electrons. The van der Waals surface area contributed by atoms with Crippen LogP contribution in [0.15, 0.2) is 29.2 Å². The maximum atomic E-state index is 10.5. The van der Waals surface area contributed by atoms with Gasteiger partial charge in [0.25, 0.3) is 5.69 Å². The standard InChI is InChI=1S/C13H20N2O2S/c1-3-9-14-11(4-2)10-18-13-7-5-12(6-8-13)15(16)17/h5-8,11,14H,3-4,9-10H2,1-2H3. The van der Waals surface area contributed by atoms with Crippen LogP contribution >= 0.6 is 11.8 Å². The molecular weight excluding hydrogens is 248 g/mol. The summed E-state index contributed by atoms with van der Waals surface area (Å²) >= 11 is 1.74. The van der Waals surface area contributed by atoms with E-state index in [4.69, 9.17) is 0 Å². The maximum Gasteiger partial charge on any atom is 0.269 e. The lowest BCUT2D eigenvalue weighted by Gasteiger charge is -2.15. The second-order valence-corrected chi connectivity index (χ2v) is 5.21. The van der Waals surface area contributed by atoms with E-state index in [0.29, 0.717) is 6.04 Å². The first-order valence-corrected chi connectivity index (χ1v) is 7.26. The Balaban J connectivity index is 2.44. The minimum Gasteiger partial charge on any atom is -0.313 e. The summed E-state index contributed by atoms with van der Waals surface area (Å²) in [6.07, 6.45) is 2.23. The molecule has 0 aliphatic heterocycles. The Kier molecular flexibility index (Phi) is 6.75. The highest BCUT2D eigenvalue weighted by molar-refractivity contribution is 7.99. The number of hydrogen-bond acceptors (Lipinski definition) is 4. The normalized spacial score (nSPS) is 12.3. The Morgan fingerprint density at radius 2 is 2.00 bits per heavy atom. The second-order valence-electron chi connectivity index (χ2n) is 4.12. The second kappa shape index (κ2) is 8.11. The predicted octanol–water partition coefficient (Wildman–Crippen LogP) is 3.47. The van der Waals surface area contributed by atoms with E-state index >= 15 is 0 Å². The van der Waals surface area contributed by atoms with Gasteiger partial charge in [-0.1, -0.05) is 13.8 Å². The highest BCUT2D eigenvalue weighted by atomic mass is 32.2. The molecule has 1 N–H and O–H groups in total. The minimum absolute atomic E-state index is 0.149. The first-order valence-electron chi connectivity index (χ1n) is 6.28. The van der Waals surface area contributed by atoms with Gasteiger partial charge in [0, 0.05) is 28.8 Å². The lowest BCUT2D eigenvalue weighted by molar-refractivity contribution is -0.384. The monoisotopic (exact) mass is 268 g/mol. The molecule has 0 aliphatic rings. The molecule has 0 aliphatic carbocycles. The third kappa shape index (κ3) is 5.06. The summed E-state index contributed by atoms with van der Waals surface area (Å²) in [5, 5.41) is 14.0. The van der Waals surface area contributed by atoms with E-state index in [1.165, 1.54) is 0 Å². The van der Waals surface area contributed by atoms with Gasteiger partial charge in [-0.15, -0.1) is 11.8 Å². The van der Waals surface area contributed by atoms with E-state index in [1.54, 1.807) is 23.9 Å². The van der Waals surface area contributed by atoms with Gasteiger partial charge in [0.2, 0.25) is 0 Å². The number of nitro benzene ring substituents is 1. The fourth-order valence-electron chi connectivity index (χ4n) is 1.53. The van der Waals surface area contributed by atoms with Crippen molar-refractivity contribution in [3.8, 4) is 0 Å². The summed E-state index contributed by atoms with van der Waals surface area (Å²) in [5.41, 5.74) is 0.149. The number of nitrogens with zero attached hydrogens (tertiary/aromatic N) is 1. The van der Waals surface area contributed by atoms with Crippen LogP contribution in [0.1, 0.15) is 26.7 Å². The molecule has 1 aromatic carbocycles. The summed E-state index contributed by atoms with van der Waals surface area (Å²) < 4.78 is 0. The first-order chi connectivity index (χ1) is 8.67. The van der Waals surface area contributed by atoms with Crippen molar-refractivity contribution in [2.45, 2.75) is 37.6 Å². The molecule has 4 nitrogen and oxygen atoms in total. The summed E-state index contributed by atoms with van der Waals surface area (Å²) in [4.78, 5) is 11.2. The lowest BCUT2D eigenvalue weighted by Crippen LogP contribution is -2.31. The van der Waals surface area contributed by atoms with Gasteiger partial charge in [0.05, 0.1) is 4.92 Å². The molecule has 18 heavy (non-hydrogen) atoms. The van der Waals surface area contributed by atoms with Crippen LogP contribution in [0.3, 0.4) is 0 Å². The topological polar surface area (TPSA) is 55.2 Å². The van der Waals surface area contributed by atoms with Crippen LogP contribution in [0.2, 0.25) is 0 Å². The Labute approximate surface area is 112 Å². The molecule has 0 radical (unpaired) electrons. The Bertz CT molecular complexity index is 368. The smallest absolute Gasteiger partial charge is 0.269 e. The van der Waals surface area contributed by atoms with Gasteiger partial charge < -0.3 is 5.32 Å². The summed E-state index contributed by atoms with van der Waals surface area (Å²) in [6, 6.07) is 7.25. The van der Waals surface area contributed by atoms with Crippen LogP contribution in [-0.2, 0) is 0 Å². The molecule has 1 unspecified atom stereocenters. The van der Waals surface area contributed by atoms with Crippen LogP contribution in [0, 0.1) is 10.1 Å². The average molecular weight is 268 g/mol. The van der Waals surface area contributed by atoms with Gasteiger partial charge in [-0.05, 0) is 31.5 Å². The Morgan fingerprint density at radius 3 is 2.50 bits per heavy atom. The van der Waals surface area contributed by atoms with Gasteiger partial charge in [0.15, 0.2) is 0 Å². The zero-order valence-corrected chi connectivity index (χ0v) is 11.7. The molecule has 1 atom stereocenters. The number of nitro groups is 1. The molecule has 0 bridgehead atoms. The zero-order valence-electron chi connectivity index (χ0n) is 10.9. The van der Waals surface area contributed by atoms with E-state index in [9.17, 15) is 10.1 Å². The van der Waals surface area contributed by atoms with E-state index < -0.39 is 0 Å². The van der Waals surface area contributed by atoms with Crippen molar-refractivity contribution in [3.05, 3.63) is 34.4 Å². The van der Waals surface area contributed by atoms with Crippen LogP contribution in [-0.4, -0.2) is 23.3 Å². The van der Waals surface area contributed by atoms with Crippen molar-refractivity contribution >= 4 is 17.4 Å². The quantitative estimate of drug-likeness (QED) is 0.445. The summed E-state index contributed by atoms with van der Waals surface area (Å²) in [5.74, 6) is 0.994. The molecule has 0 saturated heterocycles. The molecule has 0 aromatic heterocycles. The first kappa shape index (κ1) is 15.0. The van der Waals surface area contributed by atoms with Gasteiger partial charge in [-0.3, -0.25) is 10.1 Å². The van der Waals surface area contributed by atoms with Crippen LogP contribution in [0.4, 0.5) is 5.69 Å². The highest BCUT2D eigenvalue weighted by Crippen LogP contribution is 2.22. The average Bonchev–Trinajstić information content (AvgIpc) is 2.39. The SMILES string of the molecule is CCCNC(CC)CSc1ccc([N+](=O)[O-])cc1. The van der Waals surface area contributed by atoms with Crippen LogP contribution < -0.4 is 5.32 Å². The van der Waals surface area contributed by atoms with Crippen molar-refractivity contribution in [1.29, 1.82) is 0 Å². The number of rotatable bonds is 8. The van der Waals surface area contributed by atoms with Crippen molar-refractivity contribution in [1.82, 2.24) is 5.32 Å². The number of hydrogen-bond donors (Lipinski definition) is 1. The Hall–Kier alpha value is -1.07. The number of nitrogens with one attached hydrogen (secondary N) is 1. The van der Waals surface area contributed by atoms with Gasteiger partial charge >= 0.3 is 0 Å². The summed E-state index contributed by atoms with van der Waals surface area (Å²) in [6.45, 7) is 5.37. The lowest BCUT2D eigenvalue weighted by atomic mass is 10.2.